The first kappa shape index (κ1) is 21.6. The molecule has 0 aromatic heterocycles. The van der Waals surface area contributed by atoms with Gasteiger partial charge in [-0.3, -0.25) is 24.5 Å². The lowest BCUT2D eigenvalue weighted by Crippen LogP contribution is -2.52. The number of carbonyl (C=O) groups is 4. The molecule has 7 nitrogen and oxygen atoms in total. The highest BCUT2D eigenvalue weighted by atomic mass is 16.4. The Hall–Kier alpha value is -3.14. The smallest absolute Gasteiger partial charge is 0.303 e. The third-order valence-electron chi connectivity index (χ3n) is 5.47. The molecule has 0 spiro atoms. The number of hydrogen-bond donors (Lipinski definition) is 2. The van der Waals surface area contributed by atoms with Crippen molar-refractivity contribution in [2.24, 2.45) is 0 Å². The van der Waals surface area contributed by atoms with Gasteiger partial charge in [0.05, 0.1) is 5.56 Å². The van der Waals surface area contributed by atoms with Crippen molar-refractivity contribution in [3.8, 4) is 11.8 Å². The molecule has 0 saturated carbocycles. The minimum Gasteiger partial charge on any atom is -0.481 e. The summed E-state index contributed by atoms with van der Waals surface area (Å²) in [6.45, 7) is 0.353. The topological polar surface area (TPSA) is 104 Å². The van der Waals surface area contributed by atoms with Crippen LogP contribution in [0.4, 0.5) is 0 Å². The SMILES string of the molecule is O=C(O)CCCCCCCC#Cc1cccc2c1C(=O)N(C1CCC(=O)NC1=O)C2. The van der Waals surface area contributed by atoms with Gasteiger partial charge in [-0.2, -0.15) is 0 Å². The summed E-state index contributed by atoms with van der Waals surface area (Å²) >= 11 is 0. The van der Waals surface area contributed by atoms with Gasteiger partial charge < -0.3 is 10.0 Å². The van der Waals surface area contributed by atoms with Crippen LogP contribution in [0.25, 0.3) is 0 Å². The van der Waals surface area contributed by atoms with Crippen molar-refractivity contribution in [2.75, 3.05) is 0 Å². The summed E-state index contributed by atoms with van der Waals surface area (Å²) in [5.41, 5.74) is 2.09. The predicted molar refractivity (Wildman–Crippen MR) is 109 cm³/mol. The van der Waals surface area contributed by atoms with Crippen LogP contribution in [0.2, 0.25) is 0 Å². The van der Waals surface area contributed by atoms with Crippen LogP contribution >= 0.6 is 0 Å². The van der Waals surface area contributed by atoms with Crippen molar-refractivity contribution in [2.45, 2.75) is 70.4 Å². The second-order valence-corrected chi connectivity index (χ2v) is 7.70. The van der Waals surface area contributed by atoms with E-state index in [0.29, 0.717) is 36.9 Å². The van der Waals surface area contributed by atoms with Gasteiger partial charge in [0.15, 0.2) is 0 Å². The highest BCUT2D eigenvalue weighted by molar-refractivity contribution is 6.06. The number of unbranched alkanes of at least 4 members (excludes halogenated alkanes) is 5. The van der Waals surface area contributed by atoms with Crippen molar-refractivity contribution in [3.05, 3.63) is 34.9 Å². The molecule has 3 rings (SSSR count). The summed E-state index contributed by atoms with van der Waals surface area (Å²) in [5.74, 6) is 4.57. The maximum absolute atomic E-state index is 13.0. The minimum absolute atomic E-state index is 0.206. The number of nitrogens with one attached hydrogen (secondary N) is 1. The molecule has 30 heavy (non-hydrogen) atoms. The van der Waals surface area contributed by atoms with Crippen molar-refractivity contribution < 1.29 is 24.3 Å². The Labute approximate surface area is 175 Å². The van der Waals surface area contributed by atoms with Crippen LogP contribution in [0.1, 0.15) is 79.3 Å². The molecule has 2 heterocycles. The third kappa shape index (κ3) is 5.26. The average molecular weight is 410 g/mol. The normalized spacial score (nSPS) is 17.9. The number of aliphatic carboxylic acids is 1. The van der Waals surface area contributed by atoms with Crippen molar-refractivity contribution >= 4 is 23.7 Å². The summed E-state index contributed by atoms with van der Waals surface area (Å²) in [6, 6.07) is 4.95. The molecule has 3 amide bonds. The lowest BCUT2D eigenvalue weighted by atomic mass is 10.0. The van der Waals surface area contributed by atoms with Gasteiger partial charge in [-0.1, -0.05) is 43.2 Å². The van der Waals surface area contributed by atoms with Crippen LogP contribution in [0.15, 0.2) is 18.2 Å². The Morgan fingerprint density at radius 1 is 1.13 bits per heavy atom. The molecule has 1 saturated heterocycles. The molecular weight excluding hydrogens is 384 g/mol. The van der Waals surface area contributed by atoms with Crippen molar-refractivity contribution in [1.82, 2.24) is 10.2 Å². The van der Waals surface area contributed by atoms with Crippen molar-refractivity contribution in [3.63, 3.8) is 0 Å². The summed E-state index contributed by atoms with van der Waals surface area (Å²) in [5, 5.41) is 10.9. The zero-order valence-corrected chi connectivity index (χ0v) is 16.9. The van der Waals surface area contributed by atoms with Gasteiger partial charge in [-0.15, -0.1) is 0 Å². The number of carboxylic acid groups (broad SMARTS) is 1. The summed E-state index contributed by atoms with van der Waals surface area (Å²) in [4.78, 5) is 48.5. The number of hydrogen-bond acceptors (Lipinski definition) is 4. The van der Waals surface area contributed by atoms with E-state index in [1.807, 2.05) is 18.2 Å². The second-order valence-electron chi connectivity index (χ2n) is 7.70. The van der Waals surface area contributed by atoms with Crippen LogP contribution in [-0.4, -0.2) is 39.7 Å². The molecule has 2 aliphatic heterocycles. The Morgan fingerprint density at radius 2 is 1.90 bits per heavy atom. The lowest BCUT2D eigenvalue weighted by Gasteiger charge is -2.29. The lowest BCUT2D eigenvalue weighted by molar-refractivity contribution is -0.138. The highest BCUT2D eigenvalue weighted by Gasteiger charge is 2.39. The van der Waals surface area contributed by atoms with E-state index in [0.717, 1.165) is 31.2 Å². The number of rotatable bonds is 8. The maximum Gasteiger partial charge on any atom is 0.303 e. The molecule has 2 aliphatic rings. The Kier molecular flexibility index (Phi) is 7.23. The Bertz CT molecular complexity index is 912. The fourth-order valence-electron chi connectivity index (χ4n) is 3.90. The molecule has 2 N–H and O–H groups in total. The van der Waals surface area contributed by atoms with Crippen LogP contribution in [-0.2, 0) is 20.9 Å². The van der Waals surface area contributed by atoms with Gasteiger partial charge in [0.25, 0.3) is 5.91 Å². The number of carboxylic acids is 1. The number of piperidine rings is 1. The van der Waals surface area contributed by atoms with Gasteiger partial charge in [0, 0.05) is 31.4 Å². The molecule has 158 valence electrons. The molecule has 1 unspecified atom stereocenters. The molecule has 1 aromatic carbocycles. The molecular formula is C23H26N2O5. The van der Waals surface area contributed by atoms with Gasteiger partial charge in [-0.25, -0.2) is 0 Å². The molecule has 0 bridgehead atoms. The predicted octanol–water partition coefficient (Wildman–Crippen LogP) is 2.61. The van der Waals surface area contributed by atoms with E-state index in [2.05, 4.69) is 17.2 Å². The number of carbonyl (C=O) groups excluding carboxylic acids is 3. The van der Waals surface area contributed by atoms with E-state index < -0.39 is 17.9 Å². The summed E-state index contributed by atoms with van der Waals surface area (Å²) in [6.07, 6.45) is 6.08. The fraction of sp³-hybridized carbons (Fsp3) is 0.478. The zero-order valence-electron chi connectivity index (χ0n) is 16.9. The standard InChI is InChI=1S/C23H26N2O5/c26-19-14-13-18(22(29)24-19)25-15-17-11-8-10-16(21(17)23(25)30)9-6-4-2-1-3-5-7-12-20(27)28/h8,10-11,18H,1-5,7,12-15H2,(H,27,28)(H,24,26,29). The first-order valence-corrected chi connectivity index (χ1v) is 10.4. The zero-order chi connectivity index (χ0) is 21.5. The molecule has 0 radical (unpaired) electrons. The van der Waals surface area contributed by atoms with E-state index in [1.165, 1.54) is 4.90 Å². The first-order valence-electron chi connectivity index (χ1n) is 10.4. The molecule has 1 aromatic rings. The van der Waals surface area contributed by atoms with Gasteiger partial charge >= 0.3 is 5.97 Å². The quantitative estimate of drug-likeness (QED) is 0.390. The van der Waals surface area contributed by atoms with E-state index in [1.54, 1.807) is 0 Å². The number of amides is 3. The third-order valence-corrected chi connectivity index (χ3v) is 5.47. The van der Waals surface area contributed by atoms with Crippen LogP contribution in [0, 0.1) is 11.8 Å². The van der Waals surface area contributed by atoms with E-state index in [4.69, 9.17) is 5.11 Å². The van der Waals surface area contributed by atoms with E-state index in [-0.39, 0.29) is 24.7 Å². The van der Waals surface area contributed by atoms with E-state index >= 15 is 0 Å². The van der Waals surface area contributed by atoms with E-state index in [9.17, 15) is 19.2 Å². The number of nitrogens with zero attached hydrogens (tertiary/aromatic N) is 1. The Balaban J connectivity index is 1.54. The average Bonchev–Trinajstić information content (AvgIpc) is 3.03. The van der Waals surface area contributed by atoms with Gasteiger partial charge in [0.2, 0.25) is 11.8 Å². The monoisotopic (exact) mass is 410 g/mol. The first-order chi connectivity index (χ1) is 14.5. The maximum atomic E-state index is 13.0. The summed E-state index contributed by atoms with van der Waals surface area (Å²) < 4.78 is 0. The fourth-order valence-corrected chi connectivity index (χ4v) is 3.90. The minimum atomic E-state index is -0.748. The summed E-state index contributed by atoms with van der Waals surface area (Å²) in [7, 11) is 0. The molecule has 0 aliphatic carbocycles. The largest absolute Gasteiger partial charge is 0.481 e. The molecule has 1 atom stereocenters. The number of benzene rings is 1. The van der Waals surface area contributed by atoms with Crippen molar-refractivity contribution in [1.29, 1.82) is 0 Å². The number of imide groups is 1. The van der Waals surface area contributed by atoms with Crippen LogP contribution in [0.5, 0.6) is 0 Å². The van der Waals surface area contributed by atoms with Crippen LogP contribution < -0.4 is 5.32 Å². The number of fused-ring (bicyclic) bond motifs is 1. The molecule has 7 heteroatoms. The van der Waals surface area contributed by atoms with Gasteiger partial charge in [-0.05, 0) is 30.9 Å². The van der Waals surface area contributed by atoms with Crippen LogP contribution in [0.3, 0.4) is 0 Å². The Morgan fingerprint density at radius 3 is 2.67 bits per heavy atom. The highest BCUT2D eigenvalue weighted by Crippen LogP contribution is 2.29. The second kappa shape index (κ2) is 10.1. The molecule has 1 fully saturated rings. The van der Waals surface area contributed by atoms with Gasteiger partial charge in [0.1, 0.15) is 6.04 Å².